The molecular weight excluding hydrogens is 442 g/mol. The van der Waals surface area contributed by atoms with Crippen LogP contribution in [0.3, 0.4) is 0 Å². The standard InChI is InChI=1S/C23H25N5O2S2/c1-4-10-27(14-20-25-26-22(30-20)19-6-5-12-31-19)21(29)15-32-23-24-9-11-28(23)18-13-16(2)7-8-17(18)3/h5-9,11-13H,4,10,14-15H2,1-3H3. The molecule has 1 aromatic carbocycles. The number of rotatable bonds is 9. The first-order valence-corrected chi connectivity index (χ1v) is 12.3. The Kier molecular flexibility index (Phi) is 7.06. The predicted octanol–water partition coefficient (Wildman–Crippen LogP) is 5.13. The average molecular weight is 468 g/mol. The van der Waals surface area contributed by atoms with Crippen molar-refractivity contribution >= 4 is 29.0 Å². The number of carbonyl (C=O) groups excluding carboxylic acids is 1. The molecule has 0 aliphatic rings. The van der Waals surface area contributed by atoms with Gasteiger partial charge in [-0.05, 0) is 48.9 Å². The van der Waals surface area contributed by atoms with E-state index in [1.54, 1.807) is 22.4 Å². The second kappa shape index (κ2) is 10.1. The number of thioether (sulfide) groups is 1. The van der Waals surface area contributed by atoms with Gasteiger partial charge in [0.05, 0.1) is 22.9 Å². The summed E-state index contributed by atoms with van der Waals surface area (Å²) in [6.07, 6.45) is 4.55. The van der Waals surface area contributed by atoms with Gasteiger partial charge in [-0.3, -0.25) is 9.36 Å². The van der Waals surface area contributed by atoms with Crippen LogP contribution in [-0.4, -0.2) is 42.9 Å². The molecule has 9 heteroatoms. The van der Waals surface area contributed by atoms with Crippen LogP contribution < -0.4 is 0 Å². The second-order valence-corrected chi connectivity index (χ2v) is 9.34. The van der Waals surface area contributed by atoms with Gasteiger partial charge in [-0.15, -0.1) is 21.5 Å². The van der Waals surface area contributed by atoms with Gasteiger partial charge in [0.2, 0.25) is 11.8 Å². The van der Waals surface area contributed by atoms with Gasteiger partial charge in [0, 0.05) is 18.9 Å². The van der Waals surface area contributed by atoms with Gasteiger partial charge >= 0.3 is 0 Å². The Labute approximate surface area is 195 Å². The maximum absolute atomic E-state index is 13.0. The number of carbonyl (C=O) groups is 1. The predicted molar refractivity (Wildman–Crippen MR) is 127 cm³/mol. The van der Waals surface area contributed by atoms with Gasteiger partial charge in [-0.2, -0.15) is 0 Å². The summed E-state index contributed by atoms with van der Waals surface area (Å²) in [4.78, 5) is 20.2. The van der Waals surface area contributed by atoms with Gasteiger partial charge in [0.15, 0.2) is 5.16 Å². The third-order valence-electron chi connectivity index (χ3n) is 4.93. The molecule has 166 valence electrons. The molecule has 0 saturated carbocycles. The van der Waals surface area contributed by atoms with E-state index >= 15 is 0 Å². The summed E-state index contributed by atoms with van der Waals surface area (Å²) < 4.78 is 7.82. The minimum Gasteiger partial charge on any atom is -0.418 e. The third-order valence-corrected chi connectivity index (χ3v) is 6.74. The van der Waals surface area contributed by atoms with Crippen LogP contribution >= 0.6 is 23.1 Å². The summed E-state index contributed by atoms with van der Waals surface area (Å²) in [6.45, 7) is 7.12. The zero-order valence-electron chi connectivity index (χ0n) is 18.3. The van der Waals surface area contributed by atoms with Crippen molar-refractivity contribution in [3.05, 3.63) is 65.1 Å². The van der Waals surface area contributed by atoms with Gasteiger partial charge in [-0.25, -0.2) is 4.98 Å². The van der Waals surface area contributed by atoms with Crippen molar-refractivity contribution in [1.29, 1.82) is 0 Å². The summed E-state index contributed by atoms with van der Waals surface area (Å²) in [5, 5.41) is 11.0. The highest BCUT2D eigenvalue weighted by Gasteiger charge is 2.19. The molecular formula is C23H25N5O2S2. The Balaban J connectivity index is 1.43. The summed E-state index contributed by atoms with van der Waals surface area (Å²) in [5.74, 6) is 1.23. The van der Waals surface area contributed by atoms with Gasteiger partial charge in [0.1, 0.15) is 0 Å². The number of amides is 1. The van der Waals surface area contributed by atoms with Crippen molar-refractivity contribution in [2.24, 2.45) is 0 Å². The first-order chi connectivity index (χ1) is 15.5. The molecule has 0 atom stereocenters. The number of benzene rings is 1. The van der Waals surface area contributed by atoms with Crippen molar-refractivity contribution in [2.45, 2.75) is 38.9 Å². The lowest BCUT2D eigenvalue weighted by Gasteiger charge is -2.20. The topological polar surface area (TPSA) is 77.1 Å². The van der Waals surface area contributed by atoms with Crippen molar-refractivity contribution in [2.75, 3.05) is 12.3 Å². The Morgan fingerprint density at radius 3 is 2.91 bits per heavy atom. The van der Waals surface area contributed by atoms with Crippen LogP contribution in [0, 0.1) is 13.8 Å². The van der Waals surface area contributed by atoms with E-state index in [0.29, 0.717) is 24.9 Å². The maximum Gasteiger partial charge on any atom is 0.257 e. The fourth-order valence-corrected chi connectivity index (χ4v) is 4.83. The summed E-state index contributed by atoms with van der Waals surface area (Å²) in [7, 11) is 0. The van der Waals surface area contributed by atoms with Crippen LogP contribution in [0.2, 0.25) is 0 Å². The molecule has 4 aromatic rings. The minimum atomic E-state index is 0.0169. The van der Waals surface area contributed by atoms with E-state index in [1.165, 1.54) is 17.3 Å². The highest BCUT2D eigenvalue weighted by molar-refractivity contribution is 7.99. The molecule has 7 nitrogen and oxygen atoms in total. The smallest absolute Gasteiger partial charge is 0.257 e. The minimum absolute atomic E-state index is 0.0169. The van der Waals surface area contributed by atoms with E-state index in [4.69, 9.17) is 4.42 Å². The normalized spacial score (nSPS) is 11.1. The van der Waals surface area contributed by atoms with E-state index < -0.39 is 0 Å². The molecule has 0 aliphatic carbocycles. The Morgan fingerprint density at radius 1 is 1.25 bits per heavy atom. The first-order valence-electron chi connectivity index (χ1n) is 10.4. The van der Waals surface area contributed by atoms with Gasteiger partial charge in [0.25, 0.3) is 5.89 Å². The van der Waals surface area contributed by atoms with Crippen molar-refractivity contribution < 1.29 is 9.21 Å². The number of aryl methyl sites for hydroxylation is 2. The van der Waals surface area contributed by atoms with E-state index in [0.717, 1.165) is 27.7 Å². The van der Waals surface area contributed by atoms with Crippen molar-refractivity contribution in [1.82, 2.24) is 24.6 Å². The third kappa shape index (κ3) is 5.11. The zero-order valence-corrected chi connectivity index (χ0v) is 19.9. The lowest BCUT2D eigenvalue weighted by atomic mass is 10.1. The van der Waals surface area contributed by atoms with Crippen LogP contribution in [0.1, 0.15) is 30.4 Å². The van der Waals surface area contributed by atoms with Gasteiger partial charge < -0.3 is 9.32 Å². The lowest BCUT2D eigenvalue weighted by Crippen LogP contribution is -2.32. The van der Waals surface area contributed by atoms with E-state index in [1.807, 2.05) is 35.2 Å². The first kappa shape index (κ1) is 22.3. The number of nitrogens with zero attached hydrogens (tertiary/aromatic N) is 5. The SMILES string of the molecule is CCCN(Cc1nnc(-c2cccs2)o1)C(=O)CSc1nccn1-c1cc(C)ccc1C. The molecule has 0 aliphatic heterocycles. The zero-order chi connectivity index (χ0) is 22.5. The number of thiophene rings is 1. The Hall–Kier alpha value is -2.91. The molecule has 3 heterocycles. The summed E-state index contributed by atoms with van der Waals surface area (Å²) in [6, 6.07) is 10.2. The Bertz CT molecular complexity index is 1180. The van der Waals surface area contributed by atoms with Crippen LogP contribution in [0.25, 0.3) is 16.5 Å². The molecule has 0 N–H and O–H groups in total. The van der Waals surface area contributed by atoms with Crippen LogP contribution in [0.5, 0.6) is 0 Å². The molecule has 0 radical (unpaired) electrons. The fraction of sp³-hybridized carbons (Fsp3) is 0.304. The molecule has 32 heavy (non-hydrogen) atoms. The molecule has 4 rings (SSSR count). The fourth-order valence-electron chi connectivity index (χ4n) is 3.32. The molecule has 0 saturated heterocycles. The molecule has 0 fully saturated rings. The quantitative estimate of drug-likeness (QED) is 0.318. The van der Waals surface area contributed by atoms with Crippen LogP contribution in [0.15, 0.2) is 57.7 Å². The van der Waals surface area contributed by atoms with Crippen molar-refractivity contribution in [3.63, 3.8) is 0 Å². The van der Waals surface area contributed by atoms with E-state index in [-0.39, 0.29) is 11.7 Å². The molecule has 0 bridgehead atoms. The lowest BCUT2D eigenvalue weighted by molar-refractivity contribution is -0.129. The Morgan fingerprint density at radius 2 is 2.12 bits per heavy atom. The number of aromatic nitrogens is 4. The van der Waals surface area contributed by atoms with Crippen LogP contribution in [0.4, 0.5) is 0 Å². The van der Waals surface area contributed by atoms with Crippen LogP contribution in [-0.2, 0) is 11.3 Å². The maximum atomic E-state index is 13.0. The molecule has 3 aromatic heterocycles. The summed E-state index contributed by atoms with van der Waals surface area (Å²) in [5.41, 5.74) is 3.42. The number of hydrogen-bond acceptors (Lipinski definition) is 7. The molecule has 0 spiro atoms. The molecule has 1 amide bonds. The van der Waals surface area contributed by atoms with Crippen molar-refractivity contribution in [3.8, 4) is 16.5 Å². The summed E-state index contributed by atoms with van der Waals surface area (Å²) >= 11 is 2.98. The second-order valence-electron chi connectivity index (χ2n) is 7.45. The number of hydrogen-bond donors (Lipinski definition) is 0. The van der Waals surface area contributed by atoms with E-state index in [2.05, 4.69) is 47.2 Å². The highest BCUT2D eigenvalue weighted by atomic mass is 32.2. The van der Waals surface area contributed by atoms with Gasteiger partial charge in [-0.1, -0.05) is 36.9 Å². The molecule has 0 unspecified atom stereocenters. The number of imidazole rings is 1. The monoisotopic (exact) mass is 467 g/mol. The highest BCUT2D eigenvalue weighted by Crippen LogP contribution is 2.25. The largest absolute Gasteiger partial charge is 0.418 e. The van der Waals surface area contributed by atoms with E-state index in [9.17, 15) is 4.79 Å². The average Bonchev–Trinajstić information content (AvgIpc) is 3.54.